The highest BCUT2D eigenvalue weighted by Gasteiger charge is 2.72. The van der Waals surface area contributed by atoms with Crippen LogP contribution in [0.2, 0.25) is 0 Å². The summed E-state index contributed by atoms with van der Waals surface area (Å²) >= 11 is 0. The number of aliphatic carboxylic acids is 1. The van der Waals surface area contributed by atoms with Gasteiger partial charge in [0.15, 0.2) is 49.9 Å². The predicted octanol–water partition coefficient (Wildman–Crippen LogP) is -5.57. The Kier molecular flexibility index (Phi) is 24.5. The van der Waals surface area contributed by atoms with Crippen molar-refractivity contribution in [2.45, 2.75) is 341 Å². The molecule has 5 aliphatic carbocycles. The number of aliphatic hydroxyl groups is 18. The Labute approximate surface area is 617 Å². The van der Waals surface area contributed by atoms with Crippen LogP contribution in [0.25, 0.3) is 0 Å². The third-order valence-corrected chi connectivity index (χ3v) is 27.2. The molecule has 19 N–H and O–H groups in total. The van der Waals surface area contributed by atoms with E-state index < -0.39 is 286 Å². The van der Waals surface area contributed by atoms with Gasteiger partial charge in [-0.1, -0.05) is 53.2 Å². The summed E-state index contributed by atoms with van der Waals surface area (Å²) < 4.78 is 85.3. The van der Waals surface area contributed by atoms with Gasteiger partial charge in [-0.05, 0) is 124 Å². The van der Waals surface area contributed by atoms with E-state index >= 15 is 4.79 Å². The SMILES string of the molecule is CC1O[C@@H](O[C@@H]2C(O[C@@H]3OC(CO)[C@H](O)[C@H](O)C3O)[C@H](OC3CC[C@@]4(C)C(CC[C@]5(C)C4CC=C4[C@@H]6CC(C)(C)CC[C@]6(C(=O)O[C@@H]6OC(C)[C@H](O)[C@H](O)C6O[C@@H]6OC(C)[C@H](O[C@@H]7OC[C@H](O)[C@H](O)C7O)[C@H](O[C@@H]7OC(CO)[C@H](O)[C@H](O)C7O)C6O)CC[C@]45C)[C@]3(C)C=O)OC(C(=O)O)[C@@H]2O)C(O)[C@@H](O)[C@H]1O. The number of esters is 1. The summed E-state index contributed by atoms with van der Waals surface area (Å²) in [5.41, 5.74) is -3.64. The van der Waals surface area contributed by atoms with Crippen LogP contribution in [-0.4, -0.2) is 350 Å². The summed E-state index contributed by atoms with van der Waals surface area (Å²) in [5.74, 6) is -3.44. The van der Waals surface area contributed by atoms with Gasteiger partial charge in [-0.25, -0.2) is 4.79 Å². The van der Waals surface area contributed by atoms with E-state index in [1.165, 1.54) is 20.8 Å². The molecule has 43 atom stereocenters. The van der Waals surface area contributed by atoms with Crippen LogP contribution in [0.3, 0.4) is 0 Å². The van der Waals surface area contributed by atoms with E-state index in [9.17, 15) is 107 Å². The molecule has 0 aromatic carbocycles. The minimum Gasteiger partial charge on any atom is -0.479 e. The Morgan fingerprint density at radius 1 is 0.477 bits per heavy atom. The average Bonchev–Trinajstić information content (AvgIpc) is 0.673. The maximum Gasteiger partial charge on any atom is 0.335 e. The zero-order chi connectivity index (χ0) is 78.2. The van der Waals surface area contributed by atoms with Crippen LogP contribution >= 0.6 is 0 Å². The Balaban J connectivity index is 0.807. The zero-order valence-electron chi connectivity index (χ0n) is 61.2. The molecule has 0 radical (unpaired) electrons. The molecule has 36 nitrogen and oxygen atoms in total. The van der Waals surface area contributed by atoms with Gasteiger partial charge in [-0.15, -0.1) is 0 Å². The van der Waals surface area contributed by atoms with Crippen molar-refractivity contribution in [3.05, 3.63) is 11.6 Å². The van der Waals surface area contributed by atoms with Gasteiger partial charge in [0.25, 0.3) is 0 Å². The van der Waals surface area contributed by atoms with Crippen LogP contribution < -0.4 is 0 Å². The fourth-order valence-corrected chi connectivity index (χ4v) is 20.4. The van der Waals surface area contributed by atoms with Crippen molar-refractivity contribution >= 4 is 18.2 Å². The van der Waals surface area contributed by atoms with Gasteiger partial charge in [0.1, 0.15) is 141 Å². The minimum atomic E-state index is -2.22. The second kappa shape index (κ2) is 31.4. The topological polar surface area (TPSA) is 565 Å². The number of carbonyl (C=O) groups is 3. The van der Waals surface area contributed by atoms with Crippen LogP contribution in [0, 0.1) is 50.2 Å². The van der Waals surface area contributed by atoms with Crippen LogP contribution in [0.4, 0.5) is 0 Å². The molecule has 12 aliphatic rings. The van der Waals surface area contributed by atoms with Gasteiger partial charge in [0.2, 0.25) is 6.29 Å². The van der Waals surface area contributed by atoms with Gasteiger partial charge in [-0.2, -0.15) is 0 Å². The predicted molar refractivity (Wildman–Crippen MR) is 351 cm³/mol. The normalized spacial score (nSPS) is 55.0. The van der Waals surface area contributed by atoms with E-state index in [-0.39, 0.29) is 17.8 Å². The molecule has 0 aromatic rings. The Morgan fingerprint density at radius 2 is 0.981 bits per heavy atom. The van der Waals surface area contributed by atoms with Crippen molar-refractivity contribution in [1.82, 2.24) is 0 Å². The molecule has 7 saturated heterocycles. The molecular formula is C71H112O36. The highest BCUT2D eigenvalue weighted by molar-refractivity contribution is 5.79. The number of ether oxygens (including phenoxy) is 14. The number of fused-ring (bicyclic) bond motifs is 7. The number of carboxylic acid groups (broad SMARTS) is 1. The van der Waals surface area contributed by atoms with Crippen LogP contribution in [-0.2, 0) is 80.7 Å². The van der Waals surface area contributed by atoms with E-state index in [4.69, 9.17) is 66.3 Å². The van der Waals surface area contributed by atoms with Gasteiger partial charge in [0, 0.05) is 0 Å². The molecule has 4 saturated carbocycles. The maximum absolute atomic E-state index is 15.9. The number of aliphatic hydroxyl groups excluding tert-OH is 18. The smallest absolute Gasteiger partial charge is 0.335 e. The molecule has 7 heterocycles. The fraction of sp³-hybridized carbons (Fsp3) is 0.930. The van der Waals surface area contributed by atoms with E-state index in [0.717, 1.165) is 11.9 Å². The van der Waals surface area contributed by atoms with Crippen molar-refractivity contribution in [1.29, 1.82) is 0 Å². The number of rotatable bonds is 18. The summed E-state index contributed by atoms with van der Waals surface area (Å²) in [4.78, 5) is 43.2. The molecule has 0 amide bonds. The summed E-state index contributed by atoms with van der Waals surface area (Å²) in [7, 11) is 0. The molecular weight excluding hydrogens is 1430 g/mol. The first-order valence-corrected chi connectivity index (χ1v) is 37.4. The van der Waals surface area contributed by atoms with Crippen molar-refractivity contribution < 1.29 is 178 Å². The molecule has 612 valence electrons. The van der Waals surface area contributed by atoms with Gasteiger partial charge in [0.05, 0.1) is 55.1 Å². The molecule has 0 bridgehead atoms. The monoisotopic (exact) mass is 1540 g/mol. The summed E-state index contributed by atoms with van der Waals surface area (Å²) in [6, 6.07) is 0. The van der Waals surface area contributed by atoms with E-state index in [2.05, 4.69) is 40.7 Å². The molecule has 12 rings (SSSR count). The number of carboxylic acids is 1. The average molecular weight is 1540 g/mol. The molecule has 16 unspecified atom stereocenters. The Bertz CT molecular complexity index is 3130. The standard InChI is InChI=1S/C71H112O36/c1-25-36(76)41(81)46(86)59(95-25)102-52-49(89)54(57(91)92)104-64(56(52)106-61-48(88)43(83)40(80)32(22-73)99-61)100-35-13-14-67(6)33(68(35,7)24-74)12-15-70(9)34(67)11-10-28-29-20-66(4,5)16-18-71(29,19-17-69(28,70)8)65(93)107-63-55(44(84)37(77)26(2)96-63)105-62-50(90)53(103-60-47(87)42(82)39(79)31(21-72)98-60)51(27(3)97-62)101-58-45(85)38(78)30(75)23-94-58/h10,24-27,29-56,58-64,72-73,75-90H,11-23H2,1-9H3,(H,91,92)/t25?,26?,27?,29-,30-,31?,32?,33?,34?,35?,36-,37-,38-,39-,40-,41-,42-,43-,44-,45?,46?,47?,48?,49+,50?,51-,52-,53+,54?,55?,56?,58-,59-,60-,61-,62-,63-,64+,67-,68-,69+,70+,71-/m0/s1. The van der Waals surface area contributed by atoms with E-state index in [1.54, 1.807) is 6.92 Å². The van der Waals surface area contributed by atoms with Crippen molar-refractivity contribution in [3.8, 4) is 0 Å². The third kappa shape index (κ3) is 14.4. The zero-order valence-corrected chi connectivity index (χ0v) is 61.2. The lowest BCUT2D eigenvalue weighted by atomic mass is 9.33. The van der Waals surface area contributed by atoms with Crippen molar-refractivity contribution in [2.24, 2.45) is 50.2 Å². The molecule has 0 aromatic heterocycles. The number of hydrogen-bond donors (Lipinski definition) is 19. The highest BCUT2D eigenvalue weighted by Crippen LogP contribution is 2.76. The fourth-order valence-electron chi connectivity index (χ4n) is 20.4. The van der Waals surface area contributed by atoms with Crippen molar-refractivity contribution in [2.75, 3.05) is 19.8 Å². The number of allylic oxidation sites excluding steroid dienone is 2. The van der Waals surface area contributed by atoms with Crippen molar-refractivity contribution in [3.63, 3.8) is 0 Å². The molecule has 11 fully saturated rings. The van der Waals surface area contributed by atoms with Crippen LogP contribution in [0.5, 0.6) is 0 Å². The lowest BCUT2D eigenvalue weighted by molar-refractivity contribution is -0.394. The Hall–Kier alpha value is -2.89. The lowest BCUT2D eigenvalue weighted by Gasteiger charge is -2.71. The lowest BCUT2D eigenvalue weighted by Crippen LogP contribution is -2.69. The molecule has 107 heavy (non-hydrogen) atoms. The van der Waals surface area contributed by atoms with E-state index in [0.29, 0.717) is 57.8 Å². The number of hydrogen-bond acceptors (Lipinski definition) is 35. The number of aldehydes is 1. The minimum absolute atomic E-state index is 0.129. The third-order valence-electron chi connectivity index (χ3n) is 27.2. The number of carbonyl (C=O) groups excluding carboxylic acids is 2. The van der Waals surface area contributed by atoms with Crippen LogP contribution in [0.1, 0.15) is 127 Å². The van der Waals surface area contributed by atoms with Gasteiger partial charge < -0.3 is 168 Å². The first-order valence-electron chi connectivity index (χ1n) is 37.4. The first-order chi connectivity index (χ1) is 50.2. The van der Waals surface area contributed by atoms with Crippen LogP contribution in [0.15, 0.2) is 11.6 Å². The molecule has 7 aliphatic heterocycles. The summed E-state index contributed by atoms with van der Waals surface area (Å²) in [6.45, 7) is 14.6. The second-order valence-electron chi connectivity index (χ2n) is 33.9. The molecule has 0 spiro atoms. The second-order valence-corrected chi connectivity index (χ2v) is 33.9. The Morgan fingerprint density at radius 3 is 1.57 bits per heavy atom. The quantitative estimate of drug-likeness (QED) is 0.0263. The summed E-state index contributed by atoms with van der Waals surface area (Å²) in [6.07, 6.45) is -55.3. The first kappa shape index (κ1) is 83.5. The van der Waals surface area contributed by atoms with Gasteiger partial charge >= 0.3 is 11.9 Å². The van der Waals surface area contributed by atoms with E-state index in [1.807, 2.05) is 0 Å². The van der Waals surface area contributed by atoms with Gasteiger partial charge in [-0.3, -0.25) is 4.79 Å². The maximum atomic E-state index is 15.9. The molecule has 36 heteroatoms. The highest BCUT2D eigenvalue weighted by atomic mass is 16.8. The largest absolute Gasteiger partial charge is 0.479 e. The summed E-state index contributed by atoms with van der Waals surface area (Å²) in [5, 5.41) is 208.